The SMILES string of the molecule is O=C1C=C(O)C(=O)C=C1O.[LiH].[LiH]. The maximum atomic E-state index is 10.4. The maximum absolute atomic E-state index is 10.4. The third kappa shape index (κ3) is 2.93. The Balaban J connectivity index is 0. The van der Waals surface area contributed by atoms with Gasteiger partial charge in [-0.05, 0) is 0 Å². The van der Waals surface area contributed by atoms with Crippen LogP contribution in [0.25, 0.3) is 0 Å². The minimum atomic E-state index is -0.753. The number of aliphatic hydroxyl groups excluding tert-OH is 2. The van der Waals surface area contributed by atoms with E-state index in [1.807, 2.05) is 0 Å². The van der Waals surface area contributed by atoms with Crippen LogP contribution in [0, 0.1) is 0 Å². The molecule has 0 aromatic carbocycles. The molecule has 0 saturated heterocycles. The van der Waals surface area contributed by atoms with Crippen LogP contribution in [0.2, 0.25) is 0 Å². The summed E-state index contributed by atoms with van der Waals surface area (Å²) in [5, 5.41) is 17.2. The second-order valence-corrected chi connectivity index (χ2v) is 1.79. The third-order valence-electron chi connectivity index (χ3n) is 1.04. The molecule has 0 heterocycles. The van der Waals surface area contributed by atoms with Crippen molar-refractivity contribution < 1.29 is 19.8 Å². The number of aliphatic hydroxyl groups is 2. The van der Waals surface area contributed by atoms with Gasteiger partial charge in [-0.2, -0.15) is 0 Å². The van der Waals surface area contributed by atoms with E-state index >= 15 is 0 Å². The third-order valence-corrected chi connectivity index (χ3v) is 1.04. The summed E-state index contributed by atoms with van der Waals surface area (Å²) in [6.45, 7) is 0. The minimum absolute atomic E-state index is 0. The molecule has 6 heteroatoms. The molecule has 0 atom stereocenters. The van der Waals surface area contributed by atoms with Crippen molar-refractivity contribution in [2.75, 3.05) is 0 Å². The summed E-state index contributed by atoms with van der Waals surface area (Å²) in [5.41, 5.74) is 0. The van der Waals surface area contributed by atoms with Gasteiger partial charge >= 0.3 is 37.7 Å². The molecule has 0 aromatic rings. The molecule has 1 rings (SSSR count). The monoisotopic (exact) mass is 156 g/mol. The van der Waals surface area contributed by atoms with Crippen LogP contribution in [0.5, 0.6) is 0 Å². The number of rotatable bonds is 0. The van der Waals surface area contributed by atoms with Gasteiger partial charge in [0, 0.05) is 12.2 Å². The zero-order chi connectivity index (χ0) is 7.72. The molecular formula is C6H6Li2O4. The molecule has 0 aliphatic heterocycles. The fourth-order valence-corrected chi connectivity index (χ4v) is 0.538. The van der Waals surface area contributed by atoms with Gasteiger partial charge in [-0.3, -0.25) is 9.59 Å². The quantitative estimate of drug-likeness (QED) is 0.338. The fourth-order valence-electron chi connectivity index (χ4n) is 0.538. The Bertz CT molecular complexity index is 239. The molecule has 0 unspecified atom stereocenters. The van der Waals surface area contributed by atoms with E-state index < -0.39 is 23.1 Å². The van der Waals surface area contributed by atoms with E-state index in [-0.39, 0.29) is 37.7 Å². The standard InChI is InChI=1S/C6H4O4.2Li.2H/c7-3-1-4(8)6(10)2-5(3)9;;;;/h1-2,7,10H;;;;. The molecule has 0 aromatic heterocycles. The second-order valence-electron chi connectivity index (χ2n) is 1.79. The predicted octanol–water partition coefficient (Wildman–Crippen LogP) is -1.28. The van der Waals surface area contributed by atoms with Crippen LogP contribution in [0.15, 0.2) is 23.7 Å². The number of hydrogen-bond acceptors (Lipinski definition) is 4. The first-order chi connectivity index (χ1) is 4.61. The molecule has 0 fully saturated rings. The Morgan fingerprint density at radius 2 is 1.08 bits per heavy atom. The Kier molecular flexibility index (Phi) is 6.25. The van der Waals surface area contributed by atoms with Crippen LogP contribution in [0.4, 0.5) is 0 Å². The van der Waals surface area contributed by atoms with Crippen LogP contribution in [0.1, 0.15) is 0 Å². The van der Waals surface area contributed by atoms with E-state index in [0.717, 1.165) is 0 Å². The van der Waals surface area contributed by atoms with Crippen molar-refractivity contribution in [1.29, 1.82) is 0 Å². The topological polar surface area (TPSA) is 74.6 Å². The molecule has 56 valence electrons. The number of carbonyl (C=O) groups excluding carboxylic acids is 2. The summed E-state index contributed by atoms with van der Waals surface area (Å²) < 4.78 is 0. The number of hydrogen-bond donors (Lipinski definition) is 2. The fraction of sp³-hybridized carbons (Fsp3) is 0. The first-order valence-electron chi connectivity index (χ1n) is 2.51. The average Bonchev–Trinajstić information content (AvgIpc) is 1.84. The van der Waals surface area contributed by atoms with Crippen molar-refractivity contribution in [3.8, 4) is 0 Å². The molecule has 12 heavy (non-hydrogen) atoms. The summed E-state index contributed by atoms with van der Waals surface area (Å²) in [7, 11) is 0. The molecule has 0 amide bonds. The van der Waals surface area contributed by atoms with Crippen LogP contribution < -0.4 is 0 Å². The molecule has 0 radical (unpaired) electrons. The van der Waals surface area contributed by atoms with Crippen LogP contribution in [-0.4, -0.2) is 59.5 Å². The van der Waals surface area contributed by atoms with Gasteiger partial charge in [0.1, 0.15) is 0 Å². The zero-order valence-corrected chi connectivity index (χ0v) is 4.87. The van der Waals surface area contributed by atoms with Crippen molar-refractivity contribution in [2.45, 2.75) is 0 Å². The van der Waals surface area contributed by atoms with E-state index in [0.29, 0.717) is 12.2 Å². The van der Waals surface area contributed by atoms with Gasteiger partial charge in [0.05, 0.1) is 0 Å². The van der Waals surface area contributed by atoms with E-state index in [9.17, 15) is 9.59 Å². The Morgan fingerprint density at radius 1 is 0.833 bits per heavy atom. The van der Waals surface area contributed by atoms with Gasteiger partial charge in [-0.1, -0.05) is 0 Å². The average molecular weight is 156 g/mol. The summed E-state index contributed by atoms with van der Waals surface area (Å²) in [6.07, 6.45) is 1.36. The van der Waals surface area contributed by atoms with E-state index in [1.54, 1.807) is 0 Å². The summed E-state index contributed by atoms with van der Waals surface area (Å²) >= 11 is 0. The predicted molar refractivity (Wildman–Crippen MR) is 45.7 cm³/mol. The van der Waals surface area contributed by atoms with E-state index in [2.05, 4.69) is 0 Å². The van der Waals surface area contributed by atoms with Gasteiger partial charge in [0.15, 0.2) is 11.5 Å². The van der Waals surface area contributed by atoms with Crippen LogP contribution in [0.3, 0.4) is 0 Å². The first kappa shape index (κ1) is 14.2. The molecule has 0 bridgehead atoms. The Hall–Kier alpha value is -0.385. The molecule has 4 nitrogen and oxygen atoms in total. The zero-order valence-electron chi connectivity index (χ0n) is 4.87. The summed E-state index contributed by atoms with van der Waals surface area (Å²) in [4.78, 5) is 20.9. The molecule has 0 saturated carbocycles. The first-order valence-corrected chi connectivity index (χ1v) is 2.51. The van der Waals surface area contributed by atoms with Gasteiger partial charge in [-0.15, -0.1) is 0 Å². The van der Waals surface area contributed by atoms with Crippen molar-refractivity contribution in [3.05, 3.63) is 23.7 Å². The van der Waals surface area contributed by atoms with Gasteiger partial charge in [-0.25, -0.2) is 0 Å². The summed E-state index contributed by atoms with van der Waals surface area (Å²) in [5.74, 6) is -2.78. The molecular weight excluding hydrogens is 150 g/mol. The van der Waals surface area contributed by atoms with Crippen molar-refractivity contribution in [1.82, 2.24) is 0 Å². The molecule has 2 N–H and O–H groups in total. The van der Waals surface area contributed by atoms with Crippen LogP contribution in [-0.2, 0) is 9.59 Å². The summed E-state index contributed by atoms with van der Waals surface area (Å²) in [6, 6.07) is 0. The molecule has 1 aliphatic carbocycles. The van der Waals surface area contributed by atoms with E-state index in [4.69, 9.17) is 10.2 Å². The van der Waals surface area contributed by atoms with Crippen molar-refractivity contribution in [3.63, 3.8) is 0 Å². The number of ketones is 2. The van der Waals surface area contributed by atoms with E-state index in [1.165, 1.54) is 0 Å². The van der Waals surface area contributed by atoms with Gasteiger partial charge in [0.2, 0.25) is 11.6 Å². The molecule has 1 aliphatic rings. The van der Waals surface area contributed by atoms with Crippen LogP contribution >= 0.6 is 0 Å². The number of carbonyl (C=O) groups is 2. The Labute approximate surface area is 92.7 Å². The molecule has 0 spiro atoms. The normalized spacial score (nSPS) is 15.3. The van der Waals surface area contributed by atoms with Crippen molar-refractivity contribution in [2.24, 2.45) is 0 Å². The van der Waals surface area contributed by atoms with Gasteiger partial charge in [0.25, 0.3) is 0 Å². The van der Waals surface area contributed by atoms with Crippen molar-refractivity contribution >= 4 is 49.3 Å². The van der Waals surface area contributed by atoms with Gasteiger partial charge < -0.3 is 10.2 Å². The number of allylic oxidation sites excluding steroid dienone is 2. The second kappa shape index (κ2) is 5.29. The Morgan fingerprint density at radius 3 is 1.33 bits per heavy atom.